The monoisotopic (exact) mass is 336 g/mol. The summed E-state index contributed by atoms with van der Waals surface area (Å²) >= 11 is 0. The van der Waals surface area contributed by atoms with Crippen LogP contribution in [0.3, 0.4) is 0 Å². The number of methoxy groups -OCH3 is 1. The Bertz CT molecular complexity index is 917. The molecular formula is C15H11F3N4O2. The van der Waals surface area contributed by atoms with Crippen molar-refractivity contribution in [3.8, 4) is 17.0 Å². The summed E-state index contributed by atoms with van der Waals surface area (Å²) in [6.45, 7) is 0. The van der Waals surface area contributed by atoms with E-state index in [-0.39, 0.29) is 16.9 Å². The lowest BCUT2D eigenvalue weighted by atomic mass is 10.1. The molecule has 1 amide bonds. The molecule has 0 aliphatic rings. The van der Waals surface area contributed by atoms with Crippen LogP contribution in [0.2, 0.25) is 0 Å². The highest BCUT2D eigenvalue weighted by Gasteiger charge is 2.35. The molecule has 6 nitrogen and oxygen atoms in total. The largest absolute Gasteiger partial charge is 0.497 e. The number of primary amides is 1. The van der Waals surface area contributed by atoms with Gasteiger partial charge in [0.25, 0.3) is 5.91 Å². The van der Waals surface area contributed by atoms with E-state index in [1.54, 1.807) is 24.3 Å². The SMILES string of the molecule is COc1ccc(-c2cc(C(F)(F)F)n3ncc(C(N)=O)c3n2)cc1. The van der Waals surface area contributed by atoms with Gasteiger partial charge in [-0.15, -0.1) is 0 Å². The van der Waals surface area contributed by atoms with Crippen LogP contribution >= 0.6 is 0 Å². The van der Waals surface area contributed by atoms with E-state index in [4.69, 9.17) is 10.5 Å². The summed E-state index contributed by atoms with van der Waals surface area (Å²) in [6, 6.07) is 7.20. The van der Waals surface area contributed by atoms with Crippen LogP contribution in [-0.2, 0) is 6.18 Å². The van der Waals surface area contributed by atoms with Crippen LogP contribution in [0.15, 0.2) is 36.5 Å². The Labute approximate surface area is 133 Å². The molecular weight excluding hydrogens is 325 g/mol. The molecule has 3 aromatic rings. The Morgan fingerprint density at radius 3 is 2.46 bits per heavy atom. The Kier molecular flexibility index (Phi) is 3.63. The first-order valence-electron chi connectivity index (χ1n) is 6.71. The standard InChI is InChI=1S/C15H11F3N4O2/c1-24-9-4-2-8(3-5-9)11-6-12(15(16,17)18)22-14(21-11)10(7-20-22)13(19)23/h2-7H,1H3,(H2,19,23). The lowest BCUT2D eigenvalue weighted by Crippen LogP contribution is -2.15. The van der Waals surface area contributed by atoms with Crippen molar-refractivity contribution in [2.24, 2.45) is 5.73 Å². The fraction of sp³-hybridized carbons (Fsp3) is 0.133. The highest BCUT2D eigenvalue weighted by atomic mass is 19.4. The number of ether oxygens (including phenoxy) is 1. The summed E-state index contributed by atoms with van der Waals surface area (Å²) in [7, 11) is 1.48. The molecule has 0 bridgehead atoms. The topological polar surface area (TPSA) is 82.5 Å². The maximum absolute atomic E-state index is 13.3. The van der Waals surface area contributed by atoms with Crippen molar-refractivity contribution in [3.05, 3.63) is 47.8 Å². The number of rotatable bonds is 3. The molecule has 0 unspecified atom stereocenters. The fourth-order valence-electron chi connectivity index (χ4n) is 2.25. The maximum atomic E-state index is 13.3. The number of carbonyl (C=O) groups is 1. The van der Waals surface area contributed by atoms with E-state index in [1.165, 1.54) is 7.11 Å². The molecule has 0 saturated heterocycles. The molecule has 124 valence electrons. The van der Waals surface area contributed by atoms with Gasteiger partial charge in [-0.3, -0.25) is 4.79 Å². The van der Waals surface area contributed by atoms with Crippen LogP contribution in [0.25, 0.3) is 16.9 Å². The zero-order valence-electron chi connectivity index (χ0n) is 12.3. The molecule has 2 N–H and O–H groups in total. The second-order valence-electron chi connectivity index (χ2n) is 4.91. The molecule has 0 aliphatic heterocycles. The molecule has 1 aromatic carbocycles. The Hall–Kier alpha value is -3.10. The molecule has 0 aliphatic carbocycles. The minimum absolute atomic E-state index is 0.0421. The van der Waals surface area contributed by atoms with Gasteiger partial charge >= 0.3 is 6.18 Å². The zero-order valence-corrected chi connectivity index (χ0v) is 12.3. The summed E-state index contributed by atoms with van der Waals surface area (Å²) in [6.07, 6.45) is -3.71. The van der Waals surface area contributed by atoms with E-state index in [1.807, 2.05) is 0 Å². The summed E-state index contributed by atoms with van der Waals surface area (Å²) in [5.74, 6) is -0.351. The van der Waals surface area contributed by atoms with Crippen molar-refractivity contribution in [3.63, 3.8) is 0 Å². The third-order valence-corrected chi connectivity index (χ3v) is 3.41. The first-order chi connectivity index (χ1) is 11.3. The van der Waals surface area contributed by atoms with Gasteiger partial charge in [-0.2, -0.15) is 18.3 Å². The maximum Gasteiger partial charge on any atom is 0.433 e. The molecule has 0 saturated carbocycles. The molecule has 24 heavy (non-hydrogen) atoms. The van der Waals surface area contributed by atoms with Gasteiger partial charge in [-0.05, 0) is 30.3 Å². The molecule has 0 atom stereocenters. The van der Waals surface area contributed by atoms with Gasteiger partial charge < -0.3 is 10.5 Å². The zero-order chi connectivity index (χ0) is 17.5. The summed E-state index contributed by atoms with van der Waals surface area (Å²) < 4.78 is 45.5. The second-order valence-corrected chi connectivity index (χ2v) is 4.91. The molecule has 3 rings (SSSR count). The summed E-state index contributed by atoms with van der Waals surface area (Å²) in [4.78, 5) is 15.5. The fourth-order valence-corrected chi connectivity index (χ4v) is 2.25. The van der Waals surface area contributed by atoms with E-state index in [9.17, 15) is 18.0 Å². The van der Waals surface area contributed by atoms with Crippen LogP contribution in [0.1, 0.15) is 16.1 Å². The average Bonchev–Trinajstić information content (AvgIpc) is 2.97. The molecule has 9 heteroatoms. The first kappa shape index (κ1) is 15.8. The van der Waals surface area contributed by atoms with Gasteiger partial charge in [0.05, 0.1) is 19.0 Å². The van der Waals surface area contributed by atoms with Gasteiger partial charge in [0.2, 0.25) is 0 Å². The summed E-state index contributed by atoms with van der Waals surface area (Å²) in [5.41, 5.74) is 4.17. The first-order valence-corrected chi connectivity index (χ1v) is 6.71. The van der Waals surface area contributed by atoms with Crippen molar-refractivity contribution in [2.75, 3.05) is 7.11 Å². The van der Waals surface area contributed by atoms with E-state index in [2.05, 4.69) is 10.1 Å². The third-order valence-electron chi connectivity index (χ3n) is 3.41. The predicted octanol–water partition coefficient (Wildman–Crippen LogP) is 2.52. The van der Waals surface area contributed by atoms with Gasteiger partial charge in [0.1, 0.15) is 11.3 Å². The normalized spacial score (nSPS) is 11.7. The number of amides is 1. The summed E-state index contributed by atoms with van der Waals surface area (Å²) in [5, 5.41) is 3.58. The second kappa shape index (κ2) is 5.52. The number of hydrogen-bond acceptors (Lipinski definition) is 4. The number of benzene rings is 1. The smallest absolute Gasteiger partial charge is 0.433 e. The average molecular weight is 336 g/mol. The number of nitrogens with two attached hydrogens (primary N) is 1. The molecule has 0 fully saturated rings. The van der Waals surface area contributed by atoms with Crippen LogP contribution < -0.4 is 10.5 Å². The highest BCUT2D eigenvalue weighted by Crippen LogP contribution is 2.33. The van der Waals surface area contributed by atoms with Crippen molar-refractivity contribution >= 4 is 11.6 Å². The van der Waals surface area contributed by atoms with E-state index < -0.39 is 17.8 Å². The Balaban J connectivity index is 2.27. The molecule has 0 radical (unpaired) electrons. The van der Waals surface area contributed by atoms with E-state index in [0.717, 1.165) is 12.3 Å². The number of halogens is 3. The Morgan fingerprint density at radius 1 is 1.25 bits per heavy atom. The van der Waals surface area contributed by atoms with E-state index in [0.29, 0.717) is 15.8 Å². The number of nitrogens with zero attached hydrogens (tertiary/aromatic N) is 3. The molecule has 2 aromatic heterocycles. The van der Waals surface area contributed by atoms with Crippen molar-refractivity contribution < 1.29 is 22.7 Å². The van der Waals surface area contributed by atoms with Crippen LogP contribution in [0.4, 0.5) is 13.2 Å². The van der Waals surface area contributed by atoms with Crippen molar-refractivity contribution in [1.82, 2.24) is 14.6 Å². The lowest BCUT2D eigenvalue weighted by Gasteiger charge is -2.11. The number of hydrogen-bond donors (Lipinski definition) is 1. The molecule has 2 heterocycles. The van der Waals surface area contributed by atoms with Crippen LogP contribution in [-0.4, -0.2) is 27.6 Å². The van der Waals surface area contributed by atoms with Crippen molar-refractivity contribution in [1.29, 1.82) is 0 Å². The predicted molar refractivity (Wildman–Crippen MR) is 78.5 cm³/mol. The highest BCUT2D eigenvalue weighted by molar-refractivity contribution is 5.98. The van der Waals surface area contributed by atoms with Crippen molar-refractivity contribution in [2.45, 2.75) is 6.18 Å². The van der Waals surface area contributed by atoms with Crippen LogP contribution in [0, 0.1) is 0 Å². The molecule has 0 spiro atoms. The van der Waals surface area contributed by atoms with Crippen LogP contribution in [0.5, 0.6) is 5.75 Å². The quantitative estimate of drug-likeness (QED) is 0.797. The minimum atomic E-state index is -4.68. The van der Waals surface area contributed by atoms with E-state index >= 15 is 0 Å². The Morgan fingerprint density at radius 2 is 1.92 bits per heavy atom. The number of alkyl halides is 3. The van der Waals surface area contributed by atoms with Gasteiger partial charge in [-0.1, -0.05) is 0 Å². The lowest BCUT2D eigenvalue weighted by molar-refractivity contribution is -0.142. The third kappa shape index (κ3) is 2.64. The number of aromatic nitrogens is 3. The minimum Gasteiger partial charge on any atom is -0.497 e. The van der Waals surface area contributed by atoms with Gasteiger partial charge in [0, 0.05) is 5.56 Å². The van der Waals surface area contributed by atoms with Gasteiger partial charge in [0.15, 0.2) is 11.3 Å². The number of carbonyl (C=O) groups excluding carboxylic acids is 1. The number of fused-ring (bicyclic) bond motifs is 1. The van der Waals surface area contributed by atoms with Gasteiger partial charge in [-0.25, -0.2) is 9.50 Å².